The molecule has 0 heterocycles. The molecule has 0 radical (unpaired) electrons. The molecule has 0 unspecified atom stereocenters. The Bertz CT molecular complexity index is 809. The number of hydrogen-bond donors (Lipinski definition) is 0. The van der Waals surface area contributed by atoms with E-state index in [-0.39, 0.29) is 35.1 Å². The fourth-order valence-corrected chi connectivity index (χ4v) is 5.34. The van der Waals surface area contributed by atoms with E-state index < -0.39 is 0 Å². The van der Waals surface area contributed by atoms with Gasteiger partial charge in [-0.25, -0.2) is 0 Å². The van der Waals surface area contributed by atoms with Crippen LogP contribution in [0.4, 0.5) is 0 Å². The van der Waals surface area contributed by atoms with Gasteiger partial charge in [-0.05, 0) is 50.1 Å². The van der Waals surface area contributed by atoms with Gasteiger partial charge in [-0.1, -0.05) is 104 Å². The summed E-state index contributed by atoms with van der Waals surface area (Å²) >= 11 is 1.71. The predicted octanol–water partition coefficient (Wildman–Crippen LogP) is 4.89. The average molecular weight is 419 g/mol. The first-order valence-corrected chi connectivity index (χ1v) is 11.8. The van der Waals surface area contributed by atoms with Crippen molar-refractivity contribution in [2.45, 2.75) is 90.4 Å². The van der Waals surface area contributed by atoms with Gasteiger partial charge in [-0.2, -0.15) is 0 Å². The second-order valence-corrected chi connectivity index (χ2v) is 12.9. The van der Waals surface area contributed by atoms with Crippen molar-refractivity contribution >= 4 is 30.4 Å². The largest absolute Gasteiger partial charge is 1.00 e. The third kappa shape index (κ3) is 7.33. The third-order valence-corrected chi connectivity index (χ3v) is 6.88. The molecule has 29 heavy (non-hydrogen) atoms. The van der Waals surface area contributed by atoms with Crippen LogP contribution in [0.3, 0.4) is 0 Å². The molecule has 0 atom stereocenters. The molecule has 0 spiro atoms. The SMILES string of the molecule is Cc1ccc(S[C-]=Pc2c(C(C)(C)C)cc(C(C)(C)C)cc2C(C)(C)C)cc1.[Li+]. The van der Waals surface area contributed by atoms with Crippen LogP contribution in [0, 0.1) is 6.92 Å². The first kappa shape index (κ1) is 26.6. The summed E-state index contributed by atoms with van der Waals surface area (Å²) in [6.45, 7) is 23.0. The van der Waals surface area contributed by atoms with E-state index in [0.29, 0.717) is 0 Å². The fraction of sp³-hybridized carbons (Fsp3) is 0.500. The zero-order valence-electron chi connectivity index (χ0n) is 20.3. The van der Waals surface area contributed by atoms with Gasteiger partial charge >= 0.3 is 18.9 Å². The minimum Gasteiger partial charge on any atom is -0.394 e. The van der Waals surface area contributed by atoms with E-state index in [9.17, 15) is 0 Å². The molecule has 0 fully saturated rings. The molecule has 152 valence electrons. The second kappa shape index (κ2) is 9.79. The van der Waals surface area contributed by atoms with E-state index in [4.69, 9.17) is 0 Å². The van der Waals surface area contributed by atoms with Crippen LogP contribution in [-0.4, -0.2) is 5.13 Å². The van der Waals surface area contributed by atoms with Crippen molar-refractivity contribution in [3.63, 3.8) is 0 Å². The molecule has 0 nitrogen and oxygen atoms in total. The Hall–Kier alpha value is -0.443. The smallest absolute Gasteiger partial charge is 0.394 e. The molecular formula is C26H36LiPS. The van der Waals surface area contributed by atoms with Crippen LogP contribution < -0.4 is 24.2 Å². The van der Waals surface area contributed by atoms with E-state index >= 15 is 0 Å². The number of hydrogen-bond acceptors (Lipinski definition) is 1. The molecule has 0 N–H and O–H groups in total. The van der Waals surface area contributed by atoms with Crippen molar-refractivity contribution in [1.82, 2.24) is 0 Å². The fourth-order valence-electron chi connectivity index (χ4n) is 3.06. The van der Waals surface area contributed by atoms with Crippen LogP contribution in [0.1, 0.15) is 84.6 Å². The molecule has 0 aliphatic heterocycles. The molecule has 3 heteroatoms. The van der Waals surface area contributed by atoms with Gasteiger partial charge in [0.2, 0.25) is 0 Å². The van der Waals surface area contributed by atoms with E-state index in [1.807, 2.05) is 0 Å². The van der Waals surface area contributed by atoms with Gasteiger partial charge in [-0.3, -0.25) is 8.20 Å². The summed E-state index contributed by atoms with van der Waals surface area (Å²) in [7, 11) is 1.16. The molecule has 0 aromatic heterocycles. The van der Waals surface area contributed by atoms with Gasteiger partial charge in [0.25, 0.3) is 0 Å². The van der Waals surface area contributed by atoms with Gasteiger partial charge in [0.1, 0.15) is 0 Å². The van der Waals surface area contributed by atoms with Gasteiger partial charge < -0.3 is 16.9 Å². The molecule has 0 saturated heterocycles. The van der Waals surface area contributed by atoms with Crippen LogP contribution in [-0.2, 0) is 16.2 Å². The molecule has 0 aliphatic rings. The van der Waals surface area contributed by atoms with Gasteiger partial charge in [0, 0.05) is 0 Å². The quantitative estimate of drug-likeness (QED) is 0.296. The minimum atomic E-state index is 0. The van der Waals surface area contributed by atoms with Crippen LogP contribution >= 0.6 is 20.0 Å². The van der Waals surface area contributed by atoms with Crippen molar-refractivity contribution < 1.29 is 18.9 Å². The summed E-state index contributed by atoms with van der Waals surface area (Å²) in [5, 5.41) is 5.03. The summed E-state index contributed by atoms with van der Waals surface area (Å²) in [6.07, 6.45) is 0. The predicted molar refractivity (Wildman–Crippen MR) is 131 cm³/mol. The molecule has 0 saturated carbocycles. The Kier molecular flexibility index (Phi) is 8.98. The second-order valence-electron chi connectivity index (χ2n) is 10.8. The zero-order chi connectivity index (χ0) is 21.3. The van der Waals surface area contributed by atoms with Gasteiger partial charge in [-0.15, -0.1) is 0 Å². The Balaban J connectivity index is 0.00000420. The van der Waals surface area contributed by atoms with E-state index in [2.05, 4.69) is 111 Å². The molecule has 2 aromatic carbocycles. The van der Waals surface area contributed by atoms with Crippen molar-refractivity contribution in [2.24, 2.45) is 0 Å². The normalized spacial score (nSPS) is 12.9. The number of thioether (sulfide) groups is 1. The molecule has 2 aromatic rings. The number of rotatable bonds is 3. The number of aryl methyl sites for hydroxylation is 1. The first-order chi connectivity index (χ1) is 12.7. The summed E-state index contributed by atoms with van der Waals surface area (Å²) in [5.74, 6) is 0. The standard InChI is InChI=1S/C26H36PS.Li/c1-18-11-13-20(14-12-18)28-17-27-23-21(25(5,6)7)15-19(24(2,3)4)16-22(23)26(8,9)10;/h11-16H,1-10H3;/q-1;+1. The molecule has 0 amide bonds. The topological polar surface area (TPSA) is 0 Å². The Morgan fingerprint density at radius 3 is 1.55 bits per heavy atom. The van der Waals surface area contributed by atoms with Crippen LogP contribution in [0.2, 0.25) is 0 Å². The molecule has 0 bridgehead atoms. The monoisotopic (exact) mass is 418 g/mol. The summed E-state index contributed by atoms with van der Waals surface area (Å²) in [5.41, 5.74) is 5.95. The van der Waals surface area contributed by atoms with E-state index in [1.54, 1.807) is 11.8 Å². The van der Waals surface area contributed by atoms with Crippen LogP contribution in [0.5, 0.6) is 0 Å². The van der Waals surface area contributed by atoms with Crippen molar-refractivity contribution in [2.75, 3.05) is 0 Å². The Morgan fingerprint density at radius 2 is 1.17 bits per heavy atom. The van der Waals surface area contributed by atoms with Crippen LogP contribution in [0.15, 0.2) is 41.3 Å². The van der Waals surface area contributed by atoms with Crippen LogP contribution in [0.25, 0.3) is 0 Å². The van der Waals surface area contributed by atoms with Gasteiger partial charge in [0.05, 0.1) is 0 Å². The minimum absolute atomic E-state index is 0. The molecule has 0 aliphatic carbocycles. The van der Waals surface area contributed by atoms with Crippen molar-refractivity contribution in [1.29, 1.82) is 0 Å². The summed E-state index contributed by atoms with van der Waals surface area (Å²) in [6, 6.07) is 13.6. The third-order valence-electron chi connectivity index (χ3n) is 4.93. The Labute approximate surface area is 197 Å². The maximum atomic E-state index is 3.61. The molecular weight excluding hydrogens is 382 g/mol. The summed E-state index contributed by atoms with van der Waals surface area (Å²) < 4.78 is 0. The summed E-state index contributed by atoms with van der Waals surface area (Å²) in [4.78, 5) is 1.25. The number of benzene rings is 2. The van der Waals surface area contributed by atoms with E-state index in [1.165, 1.54) is 32.5 Å². The van der Waals surface area contributed by atoms with Gasteiger partial charge in [0.15, 0.2) is 0 Å². The van der Waals surface area contributed by atoms with Crippen molar-refractivity contribution in [3.05, 3.63) is 58.7 Å². The average Bonchev–Trinajstić information content (AvgIpc) is 2.53. The maximum Gasteiger partial charge on any atom is 1.00 e. The Morgan fingerprint density at radius 1 is 0.724 bits per heavy atom. The first-order valence-electron chi connectivity index (χ1n) is 10.1. The maximum absolute atomic E-state index is 3.61. The zero-order valence-corrected chi connectivity index (χ0v) is 22.0. The van der Waals surface area contributed by atoms with Crippen molar-refractivity contribution in [3.8, 4) is 0 Å². The van der Waals surface area contributed by atoms with E-state index in [0.717, 1.165) is 8.20 Å². The molecule has 2 rings (SSSR count).